The first-order valence-electron chi connectivity index (χ1n) is 10.2. The molecule has 1 atom stereocenters. The van der Waals surface area contributed by atoms with Crippen LogP contribution in [0.25, 0.3) is 6.08 Å². The first kappa shape index (κ1) is 19.8. The highest BCUT2D eigenvalue weighted by molar-refractivity contribution is 5.91. The van der Waals surface area contributed by atoms with Gasteiger partial charge >= 0.3 is 0 Å². The van der Waals surface area contributed by atoms with Crippen molar-refractivity contribution in [1.82, 2.24) is 24.6 Å². The van der Waals surface area contributed by atoms with E-state index >= 15 is 0 Å². The number of nitrogens with zero attached hydrogens (tertiary/aromatic N) is 5. The standard InChI is InChI=1S/C23H26N6O/c1-17-5-3-11-25-23(17)27-21-15-18(9-12-24-21)19-6-4-14-29(16-19)22(30)8-7-20-10-13-26-28(20)2/h3,5,7-13,15,19H,4,6,14,16H2,1-2H3,(H,24,25,27)/b8-7+/t19-/m1/s1. The average molecular weight is 403 g/mol. The lowest BCUT2D eigenvalue weighted by Gasteiger charge is -2.32. The molecular weight excluding hydrogens is 376 g/mol. The van der Waals surface area contributed by atoms with E-state index < -0.39 is 0 Å². The van der Waals surface area contributed by atoms with Crippen molar-refractivity contribution >= 4 is 23.6 Å². The highest BCUT2D eigenvalue weighted by Crippen LogP contribution is 2.29. The van der Waals surface area contributed by atoms with E-state index in [1.165, 1.54) is 5.56 Å². The normalized spacial score (nSPS) is 16.7. The van der Waals surface area contributed by atoms with Gasteiger partial charge < -0.3 is 10.2 Å². The summed E-state index contributed by atoms with van der Waals surface area (Å²) in [4.78, 5) is 23.5. The van der Waals surface area contributed by atoms with Crippen LogP contribution in [0.3, 0.4) is 0 Å². The molecule has 0 spiro atoms. The van der Waals surface area contributed by atoms with Gasteiger partial charge in [0, 0.05) is 50.7 Å². The van der Waals surface area contributed by atoms with Gasteiger partial charge in [0.05, 0.1) is 5.69 Å². The molecule has 3 aromatic heterocycles. The quantitative estimate of drug-likeness (QED) is 0.659. The van der Waals surface area contributed by atoms with Crippen LogP contribution in [0, 0.1) is 6.92 Å². The Balaban J connectivity index is 1.44. The van der Waals surface area contributed by atoms with Crippen molar-refractivity contribution in [2.45, 2.75) is 25.7 Å². The summed E-state index contributed by atoms with van der Waals surface area (Å²) >= 11 is 0. The van der Waals surface area contributed by atoms with Crippen LogP contribution in [-0.4, -0.2) is 43.6 Å². The van der Waals surface area contributed by atoms with Gasteiger partial charge in [0.15, 0.2) is 0 Å². The van der Waals surface area contributed by atoms with Gasteiger partial charge in [-0.15, -0.1) is 0 Å². The molecule has 1 amide bonds. The van der Waals surface area contributed by atoms with Crippen LogP contribution in [0.5, 0.6) is 0 Å². The van der Waals surface area contributed by atoms with E-state index in [1.807, 2.05) is 55.4 Å². The molecule has 0 saturated carbocycles. The summed E-state index contributed by atoms with van der Waals surface area (Å²) in [7, 11) is 1.86. The van der Waals surface area contributed by atoms with Crippen LogP contribution in [-0.2, 0) is 11.8 Å². The highest BCUT2D eigenvalue weighted by Gasteiger charge is 2.24. The summed E-state index contributed by atoms with van der Waals surface area (Å²) in [5, 5.41) is 7.43. The van der Waals surface area contributed by atoms with Crippen molar-refractivity contribution in [2.75, 3.05) is 18.4 Å². The summed E-state index contributed by atoms with van der Waals surface area (Å²) in [6.45, 7) is 3.51. The number of anilines is 2. The Hall–Kier alpha value is -3.48. The van der Waals surface area contributed by atoms with E-state index in [0.29, 0.717) is 12.5 Å². The van der Waals surface area contributed by atoms with Crippen LogP contribution in [0.4, 0.5) is 11.6 Å². The maximum Gasteiger partial charge on any atom is 0.246 e. The van der Waals surface area contributed by atoms with Gasteiger partial charge in [-0.1, -0.05) is 6.07 Å². The molecule has 7 heteroatoms. The second kappa shape index (κ2) is 8.90. The summed E-state index contributed by atoms with van der Waals surface area (Å²) < 4.78 is 1.75. The van der Waals surface area contributed by atoms with E-state index in [4.69, 9.17) is 0 Å². The SMILES string of the molecule is Cc1cccnc1Nc1cc([C@@H]2CCCN(C(=O)/C=C/c3ccnn3C)C2)ccn1. The molecule has 1 fully saturated rings. The maximum absolute atomic E-state index is 12.7. The van der Waals surface area contributed by atoms with E-state index in [1.54, 1.807) is 23.2 Å². The predicted molar refractivity (Wildman–Crippen MR) is 117 cm³/mol. The third-order valence-corrected chi connectivity index (χ3v) is 5.50. The summed E-state index contributed by atoms with van der Waals surface area (Å²) in [6, 6.07) is 9.93. The number of pyridine rings is 2. The van der Waals surface area contributed by atoms with Gasteiger partial charge in [-0.05, 0) is 61.2 Å². The van der Waals surface area contributed by atoms with Crippen molar-refractivity contribution in [1.29, 1.82) is 0 Å². The Bertz CT molecular complexity index is 1060. The Kier molecular flexibility index (Phi) is 5.88. The molecule has 3 aromatic rings. The minimum atomic E-state index is 0.0393. The number of hydrogen-bond donors (Lipinski definition) is 1. The Labute approximate surface area is 176 Å². The fourth-order valence-electron chi connectivity index (χ4n) is 3.77. The molecule has 1 saturated heterocycles. The van der Waals surface area contributed by atoms with Gasteiger partial charge in [0.1, 0.15) is 11.6 Å². The average Bonchev–Trinajstić information content (AvgIpc) is 3.19. The van der Waals surface area contributed by atoms with E-state index in [9.17, 15) is 4.79 Å². The van der Waals surface area contributed by atoms with Gasteiger partial charge in [-0.3, -0.25) is 9.48 Å². The summed E-state index contributed by atoms with van der Waals surface area (Å²) in [6.07, 6.45) is 10.8. The zero-order valence-corrected chi connectivity index (χ0v) is 17.3. The van der Waals surface area contributed by atoms with Crippen LogP contribution in [0.1, 0.15) is 35.6 Å². The molecule has 1 N–H and O–H groups in total. The largest absolute Gasteiger partial charge is 0.339 e. The topological polar surface area (TPSA) is 75.9 Å². The monoisotopic (exact) mass is 402 g/mol. The molecular formula is C23H26N6O. The van der Waals surface area contributed by atoms with Crippen LogP contribution in [0.2, 0.25) is 0 Å². The fraction of sp³-hybridized carbons (Fsp3) is 0.304. The minimum absolute atomic E-state index is 0.0393. The van der Waals surface area contributed by atoms with Crippen molar-refractivity contribution < 1.29 is 4.79 Å². The lowest BCUT2D eigenvalue weighted by molar-refractivity contribution is -0.127. The smallest absolute Gasteiger partial charge is 0.246 e. The Morgan fingerprint density at radius 3 is 2.90 bits per heavy atom. The molecule has 30 heavy (non-hydrogen) atoms. The summed E-state index contributed by atoms with van der Waals surface area (Å²) in [5.41, 5.74) is 3.17. The van der Waals surface area contributed by atoms with Crippen molar-refractivity contribution in [2.24, 2.45) is 7.05 Å². The molecule has 0 bridgehead atoms. The van der Waals surface area contributed by atoms with Gasteiger partial charge in [-0.25, -0.2) is 9.97 Å². The third-order valence-electron chi connectivity index (χ3n) is 5.50. The molecule has 0 unspecified atom stereocenters. The molecule has 0 aromatic carbocycles. The molecule has 154 valence electrons. The van der Waals surface area contributed by atoms with E-state index in [0.717, 1.165) is 42.3 Å². The van der Waals surface area contributed by atoms with Crippen molar-refractivity contribution in [3.8, 4) is 0 Å². The van der Waals surface area contributed by atoms with E-state index in [-0.39, 0.29) is 5.91 Å². The Morgan fingerprint density at radius 1 is 1.20 bits per heavy atom. The van der Waals surface area contributed by atoms with Crippen molar-refractivity contribution in [3.05, 3.63) is 71.8 Å². The zero-order valence-electron chi connectivity index (χ0n) is 17.3. The highest BCUT2D eigenvalue weighted by atomic mass is 16.2. The summed E-state index contributed by atoms with van der Waals surface area (Å²) in [5.74, 6) is 1.91. The number of carbonyl (C=O) groups is 1. The first-order chi connectivity index (χ1) is 14.6. The number of hydrogen-bond acceptors (Lipinski definition) is 5. The van der Waals surface area contributed by atoms with E-state index in [2.05, 4.69) is 26.4 Å². The number of likely N-dealkylation sites (tertiary alicyclic amines) is 1. The molecule has 0 radical (unpaired) electrons. The van der Waals surface area contributed by atoms with Crippen LogP contribution < -0.4 is 5.32 Å². The van der Waals surface area contributed by atoms with Crippen LogP contribution in [0.15, 0.2) is 55.0 Å². The third kappa shape index (κ3) is 4.56. The number of rotatable bonds is 5. The zero-order chi connectivity index (χ0) is 20.9. The Morgan fingerprint density at radius 2 is 2.10 bits per heavy atom. The predicted octanol–water partition coefficient (Wildman–Crippen LogP) is 3.68. The number of carbonyl (C=O) groups excluding carboxylic acids is 1. The molecule has 4 rings (SSSR count). The molecule has 7 nitrogen and oxygen atoms in total. The molecule has 0 aliphatic carbocycles. The van der Waals surface area contributed by atoms with Crippen molar-refractivity contribution in [3.63, 3.8) is 0 Å². The number of aryl methyl sites for hydroxylation is 2. The number of aromatic nitrogens is 4. The minimum Gasteiger partial charge on any atom is -0.339 e. The van der Waals surface area contributed by atoms with Gasteiger partial charge in [0.25, 0.3) is 0 Å². The second-order valence-corrected chi connectivity index (χ2v) is 7.60. The van der Waals surface area contributed by atoms with Crippen LogP contribution >= 0.6 is 0 Å². The number of amides is 1. The molecule has 1 aliphatic rings. The fourth-order valence-corrected chi connectivity index (χ4v) is 3.77. The number of piperidine rings is 1. The number of nitrogens with one attached hydrogen (secondary N) is 1. The van der Waals surface area contributed by atoms with Gasteiger partial charge in [0.2, 0.25) is 5.91 Å². The lowest BCUT2D eigenvalue weighted by atomic mass is 9.91. The maximum atomic E-state index is 12.7. The first-order valence-corrected chi connectivity index (χ1v) is 10.2. The second-order valence-electron chi connectivity index (χ2n) is 7.60. The molecule has 4 heterocycles. The molecule has 1 aliphatic heterocycles. The lowest BCUT2D eigenvalue weighted by Crippen LogP contribution is -2.38. The van der Waals surface area contributed by atoms with Gasteiger partial charge in [-0.2, -0.15) is 5.10 Å².